The van der Waals surface area contributed by atoms with Crippen LogP contribution in [0.3, 0.4) is 0 Å². The number of hydrogen-bond donors (Lipinski definition) is 1. The Hall–Kier alpha value is -0.650. The summed E-state index contributed by atoms with van der Waals surface area (Å²) in [6.45, 7) is 9.57. The fourth-order valence-electron chi connectivity index (χ4n) is 2.98. The molecule has 0 aromatic carbocycles. The van der Waals surface area contributed by atoms with Gasteiger partial charge in [0.05, 0.1) is 25.7 Å². The van der Waals surface area contributed by atoms with E-state index >= 15 is 0 Å². The molecule has 3 unspecified atom stereocenters. The summed E-state index contributed by atoms with van der Waals surface area (Å²) >= 11 is 0. The van der Waals surface area contributed by atoms with Crippen molar-refractivity contribution in [2.75, 3.05) is 46.1 Å². The Kier molecular flexibility index (Phi) is 6.26. The van der Waals surface area contributed by atoms with Gasteiger partial charge in [0.25, 0.3) is 0 Å². The van der Waals surface area contributed by atoms with Crippen molar-refractivity contribution in [3.05, 3.63) is 0 Å². The molecule has 1 N–H and O–H groups in total. The third-order valence-corrected chi connectivity index (χ3v) is 4.25. The predicted octanol–water partition coefficient (Wildman–Crippen LogP) is 0.886. The lowest BCUT2D eigenvalue weighted by atomic mass is 10.0. The zero-order valence-corrected chi connectivity index (χ0v) is 12.8. The van der Waals surface area contributed by atoms with Crippen LogP contribution in [-0.4, -0.2) is 62.9 Å². The molecule has 0 radical (unpaired) electrons. The molecule has 116 valence electrons. The molecule has 0 aliphatic carbocycles. The molecule has 0 saturated carbocycles. The zero-order valence-electron chi connectivity index (χ0n) is 12.8. The van der Waals surface area contributed by atoms with Crippen LogP contribution in [0, 0.1) is 11.8 Å². The molecular formula is C15H28N2O3. The topological polar surface area (TPSA) is 50.8 Å². The Morgan fingerprint density at radius 1 is 1.25 bits per heavy atom. The number of nitrogens with one attached hydrogen (secondary N) is 1. The van der Waals surface area contributed by atoms with Gasteiger partial charge in [-0.2, -0.15) is 0 Å². The van der Waals surface area contributed by atoms with Crippen LogP contribution in [0.25, 0.3) is 0 Å². The van der Waals surface area contributed by atoms with Gasteiger partial charge in [0.15, 0.2) is 0 Å². The van der Waals surface area contributed by atoms with Gasteiger partial charge in [-0.1, -0.05) is 6.92 Å². The van der Waals surface area contributed by atoms with E-state index in [-0.39, 0.29) is 17.9 Å². The molecule has 1 amide bonds. The van der Waals surface area contributed by atoms with Crippen molar-refractivity contribution in [3.63, 3.8) is 0 Å². The van der Waals surface area contributed by atoms with Gasteiger partial charge in [-0.3, -0.25) is 4.79 Å². The van der Waals surface area contributed by atoms with Gasteiger partial charge in [0, 0.05) is 31.7 Å². The van der Waals surface area contributed by atoms with E-state index in [1.165, 1.54) is 0 Å². The number of nitrogens with zero attached hydrogens (tertiary/aromatic N) is 1. The summed E-state index contributed by atoms with van der Waals surface area (Å²) in [5, 5.41) is 3.44. The molecule has 2 aliphatic rings. The van der Waals surface area contributed by atoms with Gasteiger partial charge in [-0.25, -0.2) is 0 Å². The number of amides is 1. The van der Waals surface area contributed by atoms with Crippen molar-refractivity contribution >= 4 is 5.91 Å². The molecule has 5 heteroatoms. The van der Waals surface area contributed by atoms with Crippen LogP contribution in [0.4, 0.5) is 0 Å². The molecule has 2 aliphatic heterocycles. The van der Waals surface area contributed by atoms with Gasteiger partial charge in [-0.15, -0.1) is 0 Å². The second-order valence-electron chi connectivity index (χ2n) is 5.81. The SMILES string of the molecule is CCCNC1COCC1C(=O)N(CC)CC1CCOC1. The van der Waals surface area contributed by atoms with Crippen LogP contribution in [-0.2, 0) is 14.3 Å². The summed E-state index contributed by atoms with van der Waals surface area (Å²) in [6, 6.07) is 0.177. The Balaban J connectivity index is 1.88. The second-order valence-corrected chi connectivity index (χ2v) is 5.81. The van der Waals surface area contributed by atoms with Crippen molar-refractivity contribution in [3.8, 4) is 0 Å². The highest BCUT2D eigenvalue weighted by molar-refractivity contribution is 5.80. The molecule has 5 nitrogen and oxygen atoms in total. The van der Waals surface area contributed by atoms with Crippen LogP contribution in [0.1, 0.15) is 26.7 Å². The van der Waals surface area contributed by atoms with Crippen LogP contribution < -0.4 is 5.32 Å². The number of carbonyl (C=O) groups is 1. The van der Waals surface area contributed by atoms with E-state index in [1.54, 1.807) is 0 Å². The second kappa shape index (κ2) is 7.96. The minimum Gasteiger partial charge on any atom is -0.381 e. The zero-order chi connectivity index (χ0) is 14.4. The highest BCUT2D eigenvalue weighted by Gasteiger charge is 2.36. The van der Waals surface area contributed by atoms with E-state index in [2.05, 4.69) is 19.2 Å². The molecule has 3 atom stereocenters. The number of carbonyl (C=O) groups excluding carboxylic acids is 1. The van der Waals surface area contributed by atoms with E-state index in [0.717, 1.165) is 45.7 Å². The molecule has 0 aromatic rings. The van der Waals surface area contributed by atoms with Crippen molar-refractivity contribution in [1.29, 1.82) is 0 Å². The van der Waals surface area contributed by atoms with Gasteiger partial charge < -0.3 is 19.7 Å². The van der Waals surface area contributed by atoms with Crippen LogP contribution in [0.15, 0.2) is 0 Å². The van der Waals surface area contributed by atoms with Crippen LogP contribution in [0.5, 0.6) is 0 Å². The predicted molar refractivity (Wildman–Crippen MR) is 77.6 cm³/mol. The summed E-state index contributed by atoms with van der Waals surface area (Å²) in [5.41, 5.74) is 0. The van der Waals surface area contributed by atoms with E-state index in [9.17, 15) is 4.79 Å². The number of ether oxygens (including phenoxy) is 2. The molecule has 0 aromatic heterocycles. The summed E-state index contributed by atoms with van der Waals surface area (Å²) in [4.78, 5) is 14.7. The molecule has 2 heterocycles. The fourth-order valence-corrected chi connectivity index (χ4v) is 2.98. The standard InChI is InChI=1S/C15H28N2O3/c1-3-6-16-14-11-20-10-13(14)15(18)17(4-2)8-12-5-7-19-9-12/h12-14,16H,3-11H2,1-2H3. The Bertz CT molecular complexity index is 305. The Morgan fingerprint density at radius 3 is 2.75 bits per heavy atom. The average Bonchev–Trinajstić information content (AvgIpc) is 3.12. The first-order chi connectivity index (χ1) is 9.76. The summed E-state index contributed by atoms with van der Waals surface area (Å²) in [6.07, 6.45) is 2.15. The van der Waals surface area contributed by atoms with E-state index in [1.807, 2.05) is 4.90 Å². The van der Waals surface area contributed by atoms with E-state index < -0.39 is 0 Å². The molecule has 20 heavy (non-hydrogen) atoms. The smallest absolute Gasteiger partial charge is 0.229 e. The molecule has 2 rings (SSSR count). The fraction of sp³-hybridized carbons (Fsp3) is 0.933. The average molecular weight is 284 g/mol. The maximum Gasteiger partial charge on any atom is 0.229 e. The lowest BCUT2D eigenvalue weighted by Gasteiger charge is -2.28. The lowest BCUT2D eigenvalue weighted by Crippen LogP contribution is -2.47. The number of rotatable bonds is 7. The maximum absolute atomic E-state index is 12.7. The van der Waals surface area contributed by atoms with Crippen molar-refractivity contribution in [2.24, 2.45) is 11.8 Å². The van der Waals surface area contributed by atoms with Gasteiger partial charge in [0.1, 0.15) is 0 Å². The van der Waals surface area contributed by atoms with E-state index in [4.69, 9.17) is 9.47 Å². The van der Waals surface area contributed by atoms with Crippen molar-refractivity contribution in [1.82, 2.24) is 10.2 Å². The monoisotopic (exact) mass is 284 g/mol. The van der Waals surface area contributed by atoms with Crippen molar-refractivity contribution < 1.29 is 14.3 Å². The van der Waals surface area contributed by atoms with Crippen molar-refractivity contribution in [2.45, 2.75) is 32.7 Å². The van der Waals surface area contributed by atoms with E-state index in [0.29, 0.717) is 19.1 Å². The number of hydrogen-bond acceptors (Lipinski definition) is 4. The van der Waals surface area contributed by atoms with Crippen LogP contribution in [0.2, 0.25) is 0 Å². The van der Waals surface area contributed by atoms with Crippen LogP contribution >= 0.6 is 0 Å². The molecular weight excluding hydrogens is 256 g/mol. The summed E-state index contributed by atoms with van der Waals surface area (Å²) in [7, 11) is 0. The van der Waals surface area contributed by atoms with Gasteiger partial charge in [-0.05, 0) is 26.3 Å². The third-order valence-electron chi connectivity index (χ3n) is 4.25. The lowest BCUT2D eigenvalue weighted by molar-refractivity contribution is -0.136. The molecule has 2 fully saturated rings. The summed E-state index contributed by atoms with van der Waals surface area (Å²) in [5.74, 6) is 0.720. The maximum atomic E-state index is 12.7. The van der Waals surface area contributed by atoms with Gasteiger partial charge >= 0.3 is 0 Å². The first kappa shape index (κ1) is 15.7. The first-order valence-electron chi connectivity index (χ1n) is 7.93. The molecule has 0 spiro atoms. The summed E-state index contributed by atoms with van der Waals surface area (Å²) < 4.78 is 10.9. The normalized spacial score (nSPS) is 29.8. The third kappa shape index (κ3) is 3.93. The highest BCUT2D eigenvalue weighted by atomic mass is 16.5. The molecule has 0 bridgehead atoms. The minimum atomic E-state index is -0.0242. The largest absolute Gasteiger partial charge is 0.381 e. The first-order valence-corrected chi connectivity index (χ1v) is 7.93. The molecule has 2 saturated heterocycles. The Morgan fingerprint density at radius 2 is 2.10 bits per heavy atom. The Labute approximate surface area is 122 Å². The minimum absolute atomic E-state index is 0.0242. The quantitative estimate of drug-likeness (QED) is 0.754. The van der Waals surface area contributed by atoms with Gasteiger partial charge in [0.2, 0.25) is 5.91 Å². The highest BCUT2D eigenvalue weighted by Crippen LogP contribution is 2.20.